The summed E-state index contributed by atoms with van der Waals surface area (Å²) in [6.45, 7) is 9.08. The Morgan fingerprint density at radius 1 is 1.31 bits per heavy atom. The number of piperazine rings is 1. The molecule has 2 heterocycles. The molecule has 0 aliphatic carbocycles. The van der Waals surface area contributed by atoms with Crippen molar-refractivity contribution >= 4 is 5.91 Å². The number of nitrogens with zero attached hydrogens (tertiary/aromatic N) is 2. The Bertz CT molecular complexity index is 238. The van der Waals surface area contributed by atoms with Crippen molar-refractivity contribution in [3.8, 4) is 0 Å². The maximum Gasteiger partial charge on any atom is 0.227 e. The summed E-state index contributed by atoms with van der Waals surface area (Å²) in [5.41, 5.74) is 0. The minimum atomic E-state index is 0.256. The summed E-state index contributed by atoms with van der Waals surface area (Å²) in [5.74, 6) is 0.645. The van der Waals surface area contributed by atoms with Gasteiger partial charge in [0, 0.05) is 32.7 Å². The Balaban J connectivity index is 1.87. The van der Waals surface area contributed by atoms with Crippen molar-refractivity contribution < 1.29 is 4.79 Å². The van der Waals surface area contributed by atoms with E-state index < -0.39 is 0 Å². The quantitative estimate of drug-likeness (QED) is 0.726. The van der Waals surface area contributed by atoms with Crippen LogP contribution in [0.1, 0.15) is 19.8 Å². The maximum absolute atomic E-state index is 12.3. The van der Waals surface area contributed by atoms with Gasteiger partial charge in [-0.3, -0.25) is 4.79 Å². The van der Waals surface area contributed by atoms with E-state index in [1.165, 1.54) is 13.0 Å². The number of rotatable bonds is 2. The predicted molar refractivity (Wildman–Crippen MR) is 64.3 cm³/mol. The van der Waals surface area contributed by atoms with Crippen LogP contribution in [0, 0.1) is 5.92 Å². The number of nitrogens with one attached hydrogen (secondary N) is 1. The van der Waals surface area contributed by atoms with Gasteiger partial charge in [0.25, 0.3) is 0 Å². The molecule has 1 unspecified atom stereocenters. The van der Waals surface area contributed by atoms with Crippen LogP contribution in [0.25, 0.3) is 0 Å². The molecule has 0 bridgehead atoms. The molecule has 16 heavy (non-hydrogen) atoms. The molecule has 0 spiro atoms. The van der Waals surface area contributed by atoms with E-state index >= 15 is 0 Å². The molecular formula is C12H23N3O. The van der Waals surface area contributed by atoms with E-state index in [1.807, 2.05) is 4.90 Å². The summed E-state index contributed by atoms with van der Waals surface area (Å²) in [4.78, 5) is 16.7. The number of hydrogen-bond donors (Lipinski definition) is 1. The fourth-order valence-electron chi connectivity index (χ4n) is 2.69. The SMILES string of the molecule is CCN1CCCC(C(=O)N2CCNCC2)C1. The monoisotopic (exact) mass is 225 g/mol. The van der Waals surface area contributed by atoms with E-state index in [2.05, 4.69) is 17.1 Å². The standard InChI is InChI=1S/C12H23N3O/c1-2-14-7-3-4-11(10-14)12(16)15-8-5-13-6-9-15/h11,13H,2-10H2,1H3. The first kappa shape index (κ1) is 11.9. The third-order valence-corrected chi connectivity index (χ3v) is 3.73. The summed E-state index contributed by atoms with van der Waals surface area (Å²) < 4.78 is 0. The van der Waals surface area contributed by atoms with Crippen LogP contribution in [0.3, 0.4) is 0 Å². The van der Waals surface area contributed by atoms with Gasteiger partial charge in [-0.2, -0.15) is 0 Å². The van der Waals surface area contributed by atoms with Crippen molar-refractivity contribution in [1.82, 2.24) is 15.1 Å². The van der Waals surface area contributed by atoms with Gasteiger partial charge < -0.3 is 15.1 Å². The van der Waals surface area contributed by atoms with Crippen molar-refractivity contribution in [3.63, 3.8) is 0 Å². The summed E-state index contributed by atoms with van der Waals surface area (Å²) >= 11 is 0. The molecule has 2 rings (SSSR count). The third kappa shape index (κ3) is 2.74. The van der Waals surface area contributed by atoms with Crippen LogP contribution in [-0.2, 0) is 4.79 Å². The normalized spacial score (nSPS) is 28.1. The zero-order valence-electron chi connectivity index (χ0n) is 10.2. The first-order chi connectivity index (χ1) is 7.81. The van der Waals surface area contributed by atoms with E-state index in [4.69, 9.17) is 0 Å². The van der Waals surface area contributed by atoms with E-state index in [0.29, 0.717) is 5.91 Å². The number of amides is 1. The van der Waals surface area contributed by atoms with Crippen LogP contribution in [0.5, 0.6) is 0 Å². The zero-order valence-corrected chi connectivity index (χ0v) is 10.2. The molecule has 4 nitrogen and oxygen atoms in total. The fraction of sp³-hybridized carbons (Fsp3) is 0.917. The van der Waals surface area contributed by atoms with E-state index in [-0.39, 0.29) is 5.92 Å². The van der Waals surface area contributed by atoms with E-state index in [9.17, 15) is 4.79 Å². The molecule has 0 aromatic rings. The highest BCUT2D eigenvalue weighted by molar-refractivity contribution is 5.79. The van der Waals surface area contributed by atoms with Gasteiger partial charge in [0.05, 0.1) is 5.92 Å². The lowest BCUT2D eigenvalue weighted by Crippen LogP contribution is -2.51. The van der Waals surface area contributed by atoms with Gasteiger partial charge in [0.1, 0.15) is 0 Å². The van der Waals surface area contributed by atoms with Crippen molar-refractivity contribution in [2.24, 2.45) is 5.92 Å². The Labute approximate surface area is 98.0 Å². The van der Waals surface area contributed by atoms with Gasteiger partial charge in [0.2, 0.25) is 5.91 Å². The second-order valence-electron chi connectivity index (χ2n) is 4.81. The number of likely N-dealkylation sites (tertiary alicyclic amines) is 1. The minimum absolute atomic E-state index is 0.256. The van der Waals surface area contributed by atoms with Crippen molar-refractivity contribution in [1.29, 1.82) is 0 Å². The average molecular weight is 225 g/mol. The minimum Gasteiger partial charge on any atom is -0.340 e. The lowest BCUT2D eigenvalue weighted by Gasteiger charge is -2.36. The molecule has 2 aliphatic rings. The molecule has 0 saturated carbocycles. The Morgan fingerprint density at radius 2 is 2.06 bits per heavy atom. The van der Waals surface area contributed by atoms with E-state index in [1.54, 1.807) is 0 Å². The molecular weight excluding hydrogens is 202 g/mol. The first-order valence-electron chi connectivity index (χ1n) is 6.53. The zero-order chi connectivity index (χ0) is 11.4. The molecule has 1 N–H and O–H groups in total. The van der Waals surface area contributed by atoms with Gasteiger partial charge in [-0.1, -0.05) is 6.92 Å². The van der Waals surface area contributed by atoms with Crippen LogP contribution in [0.4, 0.5) is 0 Å². The smallest absolute Gasteiger partial charge is 0.227 e. The molecule has 2 saturated heterocycles. The lowest BCUT2D eigenvalue weighted by molar-refractivity contribution is -0.137. The number of carbonyl (C=O) groups is 1. The highest BCUT2D eigenvalue weighted by atomic mass is 16.2. The first-order valence-corrected chi connectivity index (χ1v) is 6.53. The molecule has 0 radical (unpaired) electrons. The number of piperidine rings is 1. The molecule has 4 heteroatoms. The molecule has 2 fully saturated rings. The summed E-state index contributed by atoms with van der Waals surface area (Å²) in [6, 6.07) is 0. The lowest BCUT2D eigenvalue weighted by atomic mass is 9.96. The van der Waals surface area contributed by atoms with Crippen molar-refractivity contribution in [3.05, 3.63) is 0 Å². The molecule has 2 aliphatic heterocycles. The second kappa shape index (κ2) is 5.64. The molecule has 1 atom stereocenters. The van der Waals surface area contributed by atoms with Crippen LogP contribution < -0.4 is 5.32 Å². The van der Waals surface area contributed by atoms with Crippen LogP contribution in [0.15, 0.2) is 0 Å². The third-order valence-electron chi connectivity index (χ3n) is 3.73. The highest BCUT2D eigenvalue weighted by Crippen LogP contribution is 2.18. The van der Waals surface area contributed by atoms with Crippen LogP contribution in [0.2, 0.25) is 0 Å². The summed E-state index contributed by atoms with van der Waals surface area (Å²) in [7, 11) is 0. The second-order valence-corrected chi connectivity index (χ2v) is 4.81. The highest BCUT2D eigenvalue weighted by Gasteiger charge is 2.29. The Hall–Kier alpha value is -0.610. The molecule has 92 valence electrons. The van der Waals surface area contributed by atoms with E-state index in [0.717, 1.165) is 45.7 Å². The number of hydrogen-bond acceptors (Lipinski definition) is 3. The van der Waals surface area contributed by atoms with Gasteiger partial charge in [-0.25, -0.2) is 0 Å². The van der Waals surface area contributed by atoms with Gasteiger partial charge >= 0.3 is 0 Å². The van der Waals surface area contributed by atoms with Gasteiger partial charge in [-0.05, 0) is 25.9 Å². The summed E-state index contributed by atoms with van der Waals surface area (Å²) in [5, 5.41) is 3.29. The largest absolute Gasteiger partial charge is 0.340 e. The fourth-order valence-corrected chi connectivity index (χ4v) is 2.69. The molecule has 0 aromatic carbocycles. The maximum atomic E-state index is 12.3. The molecule has 1 amide bonds. The Morgan fingerprint density at radius 3 is 2.75 bits per heavy atom. The molecule has 0 aromatic heterocycles. The average Bonchev–Trinajstić information content (AvgIpc) is 2.39. The van der Waals surface area contributed by atoms with Crippen molar-refractivity contribution in [2.75, 3.05) is 45.8 Å². The van der Waals surface area contributed by atoms with Gasteiger partial charge in [0.15, 0.2) is 0 Å². The van der Waals surface area contributed by atoms with Crippen molar-refractivity contribution in [2.45, 2.75) is 19.8 Å². The van der Waals surface area contributed by atoms with Crippen LogP contribution >= 0.6 is 0 Å². The topological polar surface area (TPSA) is 35.6 Å². The Kier molecular flexibility index (Phi) is 4.18. The van der Waals surface area contributed by atoms with Gasteiger partial charge in [-0.15, -0.1) is 0 Å². The number of carbonyl (C=O) groups excluding carboxylic acids is 1. The summed E-state index contributed by atoms with van der Waals surface area (Å²) in [6.07, 6.45) is 2.26. The van der Waals surface area contributed by atoms with Crippen LogP contribution in [-0.4, -0.2) is 61.5 Å². The predicted octanol–water partition coefficient (Wildman–Crippen LogP) is 0.150.